The molecule has 0 bridgehead atoms. The van der Waals surface area contributed by atoms with Crippen molar-refractivity contribution in [1.82, 2.24) is 5.32 Å². The van der Waals surface area contributed by atoms with E-state index in [1.54, 1.807) is 24.1 Å². The summed E-state index contributed by atoms with van der Waals surface area (Å²) in [6.07, 6.45) is 3.22. The first kappa shape index (κ1) is 18.0. The van der Waals surface area contributed by atoms with Gasteiger partial charge in [0.1, 0.15) is 5.75 Å². The summed E-state index contributed by atoms with van der Waals surface area (Å²) in [5, 5.41) is 2.95. The van der Waals surface area contributed by atoms with Gasteiger partial charge in [-0.25, -0.2) is 0 Å². The predicted octanol–water partition coefficient (Wildman–Crippen LogP) is 3.18. The summed E-state index contributed by atoms with van der Waals surface area (Å²) in [4.78, 5) is 26.0. The fourth-order valence-electron chi connectivity index (χ4n) is 3.12. The molecule has 26 heavy (non-hydrogen) atoms. The Balaban J connectivity index is 1.49. The Bertz CT molecular complexity index is 771. The fraction of sp³-hybridized carbons (Fsp3) is 0.333. The van der Waals surface area contributed by atoms with Crippen molar-refractivity contribution in [3.63, 3.8) is 0 Å². The molecule has 1 aliphatic rings. The number of nitrogens with one attached hydrogen (secondary N) is 1. The van der Waals surface area contributed by atoms with Gasteiger partial charge in [-0.15, -0.1) is 0 Å². The number of carbonyl (C=O) groups excluding carboxylic acids is 2. The summed E-state index contributed by atoms with van der Waals surface area (Å²) < 4.78 is 5.15. The van der Waals surface area contributed by atoms with E-state index in [4.69, 9.17) is 4.74 Å². The van der Waals surface area contributed by atoms with E-state index in [0.717, 1.165) is 37.2 Å². The molecule has 0 spiro atoms. The van der Waals surface area contributed by atoms with Gasteiger partial charge in [0.2, 0.25) is 5.91 Å². The number of hydrogen-bond donors (Lipinski definition) is 1. The summed E-state index contributed by atoms with van der Waals surface area (Å²) >= 11 is 0. The lowest BCUT2D eigenvalue weighted by Crippen LogP contribution is -2.26. The second-order valence-corrected chi connectivity index (χ2v) is 6.41. The second-order valence-electron chi connectivity index (χ2n) is 6.41. The topological polar surface area (TPSA) is 58.6 Å². The average Bonchev–Trinajstić information content (AvgIpc) is 3.11. The Hall–Kier alpha value is -2.82. The van der Waals surface area contributed by atoms with Crippen LogP contribution in [-0.2, 0) is 11.2 Å². The first-order chi connectivity index (χ1) is 12.7. The van der Waals surface area contributed by atoms with Crippen molar-refractivity contribution in [3.8, 4) is 5.75 Å². The number of hydrogen-bond acceptors (Lipinski definition) is 3. The standard InChI is InChI=1S/C21H24N2O3/c1-26-19-11-9-16(10-12-19)5-3-13-22-21(25)17-6-2-7-18(15-17)23-14-4-8-20(23)24/h2,6-7,9-12,15H,3-5,8,13-14H2,1H3,(H,22,25). The SMILES string of the molecule is COc1ccc(CCCNC(=O)c2cccc(N3CCCC3=O)c2)cc1. The lowest BCUT2D eigenvalue weighted by molar-refractivity contribution is -0.117. The molecule has 1 N–H and O–H groups in total. The molecule has 1 saturated heterocycles. The van der Waals surface area contributed by atoms with Crippen molar-refractivity contribution in [2.75, 3.05) is 25.1 Å². The van der Waals surface area contributed by atoms with Crippen LogP contribution in [-0.4, -0.2) is 32.0 Å². The third kappa shape index (κ3) is 4.42. The molecule has 1 heterocycles. The first-order valence-electron chi connectivity index (χ1n) is 8.99. The van der Waals surface area contributed by atoms with Crippen molar-refractivity contribution in [2.24, 2.45) is 0 Å². The lowest BCUT2D eigenvalue weighted by atomic mass is 10.1. The summed E-state index contributed by atoms with van der Waals surface area (Å²) in [5.74, 6) is 0.869. The number of benzene rings is 2. The maximum absolute atomic E-state index is 12.4. The highest BCUT2D eigenvalue weighted by molar-refractivity contribution is 5.99. The van der Waals surface area contributed by atoms with Gasteiger partial charge in [0.25, 0.3) is 5.91 Å². The molecule has 2 amide bonds. The van der Waals surface area contributed by atoms with E-state index in [-0.39, 0.29) is 11.8 Å². The van der Waals surface area contributed by atoms with Gasteiger partial charge in [0.05, 0.1) is 7.11 Å². The van der Waals surface area contributed by atoms with Crippen LogP contribution in [0.1, 0.15) is 35.2 Å². The molecule has 0 atom stereocenters. The molecule has 5 heteroatoms. The highest BCUT2D eigenvalue weighted by Crippen LogP contribution is 2.22. The molecule has 1 aliphatic heterocycles. The van der Waals surface area contributed by atoms with Crippen LogP contribution in [0.2, 0.25) is 0 Å². The quantitative estimate of drug-likeness (QED) is 0.779. The monoisotopic (exact) mass is 352 g/mol. The molecule has 2 aromatic carbocycles. The van der Waals surface area contributed by atoms with Crippen LogP contribution in [0.25, 0.3) is 0 Å². The van der Waals surface area contributed by atoms with E-state index in [2.05, 4.69) is 5.32 Å². The van der Waals surface area contributed by atoms with E-state index in [0.29, 0.717) is 18.5 Å². The molecule has 2 aromatic rings. The Kier molecular flexibility index (Phi) is 5.89. The van der Waals surface area contributed by atoms with Gasteiger partial charge in [-0.1, -0.05) is 18.2 Å². The zero-order chi connectivity index (χ0) is 18.4. The number of aryl methyl sites for hydroxylation is 1. The van der Waals surface area contributed by atoms with Gasteiger partial charge < -0.3 is 15.0 Å². The predicted molar refractivity (Wildman–Crippen MR) is 102 cm³/mol. The van der Waals surface area contributed by atoms with Gasteiger partial charge in [-0.2, -0.15) is 0 Å². The van der Waals surface area contributed by atoms with Crippen molar-refractivity contribution < 1.29 is 14.3 Å². The summed E-state index contributed by atoms with van der Waals surface area (Å²) in [6.45, 7) is 1.34. The maximum atomic E-state index is 12.4. The van der Waals surface area contributed by atoms with Crippen LogP contribution < -0.4 is 15.0 Å². The summed E-state index contributed by atoms with van der Waals surface area (Å²) in [6, 6.07) is 15.2. The first-order valence-corrected chi connectivity index (χ1v) is 8.99. The molecule has 0 aromatic heterocycles. The Morgan fingerprint density at radius 2 is 2.00 bits per heavy atom. The molecule has 0 saturated carbocycles. The van der Waals surface area contributed by atoms with E-state index < -0.39 is 0 Å². The number of amides is 2. The smallest absolute Gasteiger partial charge is 0.251 e. The molecule has 0 radical (unpaired) electrons. The van der Waals surface area contributed by atoms with E-state index in [1.165, 1.54) is 5.56 Å². The van der Waals surface area contributed by atoms with Crippen LogP contribution in [0.15, 0.2) is 48.5 Å². The molecule has 136 valence electrons. The van der Waals surface area contributed by atoms with Gasteiger partial charge in [0, 0.05) is 30.8 Å². The lowest BCUT2D eigenvalue weighted by Gasteiger charge is -2.16. The van der Waals surface area contributed by atoms with Crippen molar-refractivity contribution >= 4 is 17.5 Å². The molecular weight excluding hydrogens is 328 g/mol. The molecule has 1 fully saturated rings. The van der Waals surface area contributed by atoms with Crippen molar-refractivity contribution in [1.29, 1.82) is 0 Å². The minimum absolute atomic E-state index is 0.103. The van der Waals surface area contributed by atoms with Gasteiger partial charge in [-0.05, 0) is 55.2 Å². The highest BCUT2D eigenvalue weighted by atomic mass is 16.5. The van der Waals surface area contributed by atoms with Gasteiger partial charge in [0.15, 0.2) is 0 Å². The number of nitrogens with zero attached hydrogens (tertiary/aromatic N) is 1. The third-order valence-electron chi connectivity index (χ3n) is 4.58. The summed E-state index contributed by atoms with van der Waals surface area (Å²) in [7, 11) is 1.65. The molecule has 0 unspecified atom stereocenters. The molecule has 5 nitrogen and oxygen atoms in total. The third-order valence-corrected chi connectivity index (χ3v) is 4.58. The maximum Gasteiger partial charge on any atom is 0.251 e. The van der Waals surface area contributed by atoms with E-state index in [1.807, 2.05) is 36.4 Å². The Morgan fingerprint density at radius 1 is 1.19 bits per heavy atom. The number of anilines is 1. The van der Waals surface area contributed by atoms with Gasteiger partial charge >= 0.3 is 0 Å². The number of ether oxygens (including phenoxy) is 1. The second kappa shape index (κ2) is 8.52. The summed E-state index contributed by atoms with van der Waals surface area (Å²) in [5.41, 5.74) is 2.61. The minimum atomic E-state index is -0.103. The average molecular weight is 352 g/mol. The Labute approximate surface area is 154 Å². The van der Waals surface area contributed by atoms with Crippen LogP contribution in [0.3, 0.4) is 0 Å². The van der Waals surface area contributed by atoms with Crippen LogP contribution in [0.5, 0.6) is 5.75 Å². The normalized spacial score (nSPS) is 13.7. The zero-order valence-corrected chi connectivity index (χ0v) is 15.0. The van der Waals surface area contributed by atoms with Crippen LogP contribution >= 0.6 is 0 Å². The molecular formula is C21H24N2O3. The fourth-order valence-corrected chi connectivity index (χ4v) is 3.12. The van der Waals surface area contributed by atoms with E-state index in [9.17, 15) is 9.59 Å². The number of methoxy groups -OCH3 is 1. The number of rotatable bonds is 7. The van der Waals surface area contributed by atoms with E-state index >= 15 is 0 Å². The molecule has 0 aliphatic carbocycles. The molecule has 3 rings (SSSR count). The van der Waals surface area contributed by atoms with Crippen LogP contribution in [0, 0.1) is 0 Å². The van der Waals surface area contributed by atoms with Gasteiger partial charge in [-0.3, -0.25) is 9.59 Å². The highest BCUT2D eigenvalue weighted by Gasteiger charge is 2.22. The largest absolute Gasteiger partial charge is 0.497 e. The Morgan fingerprint density at radius 3 is 2.69 bits per heavy atom. The van der Waals surface area contributed by atoms with Crippen molar-refractivity contribution in [3.05, 3.63) is 59.7 Å². The van der Waals surface area contributed by atoms with Crippen molar-refractivity contribution in [2.45, 2.75) is 25.7 Å². The number of carbonyl (C=O) groups is 2. The minimum Gasteiger partial charge on any atom is -0.497 e. The zero-order valence-electron chi connectivity index (χ0n) is 15.0. The van der Waals surface area contributed by atoms with Crippen LogP contribution in [0.4, 0.5) is 5.69 Å².